The molecule has 1 aliphatic heterocycles. The minimum atomic E-state index is -3.67. The number of nitrogens with zero attached hydrogens (tertiary/aromatic N) is 2. The van der Waals surface area contributed by atoms with Gasteiger partial charge < -0.3 is 10.1 Å². The zero-order valence-corrected chi connectivity index (χ0v) is 19.2. The van der Waals surface area contributed by atoms with Crippen molar-refractivity contribution >= 4 is 32.5 Å². The van der Waals surface area contributed by atoms with Crippen molar-refractivity contribution in [1.29, 1.82) is 0 Å². The van der Waals surface area contributed by atoms with E-state index in [-0.39, 0.29) is 10.8 Å². The van der Waals surface area contributed by atoms with E-state index in [4.69, 9.17) is 9.72 Å². The van der Waals surface area contributed by atoms with E-state index in [2.05, 4.69) is 5.32 Å². The van der Waals surface area contributed by atoms with Crippen molar-refractivity contribution in [3.63, 3.8) is 0 Å². The molecule has 1 aromatic heterocycles. The van der Waals surface area contributed by atoms with Gasteiger partial charge in [-0.1, -0.05) is 54.6 Å². The summed E-state index contributed by atoms with van der Waals surface area (Å²) in [6, 6.07) is 25.2. The van der Waals surface area contributed by atoms with Gasteiger partial charge in [0.1, 0.15) is 0 Å². The summed E-state index contributed by atoms with van der Waals surface area (Å²) < 4.78 is 32.7. The molecule has 0 spiro atoms. The lowest BCUT2D eigenvalue weighted by Crippen LogP contribution is -2.40. The Hall–Kier alpha value is -3.59. The molecule has 3 aromatic carbocycles. The molecule has 1 N–H and O–H groups in total. The largest absolute Gasteiger partial charge is 0.379 e. The number of para-hydroxylation sites is 1. The third-order valence-corrected chi connectivity index (χ3v) is 7.62. The zero-order valence-electron chi connectivity index (χ0n) is 18.3. The van der Waals surface area contributed by atoms with Crippen molar-refractivity contribution in [3.8, 4) is 11.3 Å². The van der Waals surface area contributed by atoms with Crippen molar-refractivity contribution < 1.29 is 17.9 Å². The molecule has 34 heavy (non-hydrogen) atoms. The molecule has 0 bridgehead atoms. The number of rotatable bonds is 5. The number of hydrogen-bond donors (Lipinski definition) is 1. The molecule has 0 atom stereocenters. The molecular weight excluding hydrogens is 450 g/mol. The van der Waals surface area contributed by atoms with Crippen LogP contribution in [0.1, 0.15) is 10.4 Å². The van der Waals surface area contributed by atoms with E-state index in [1.807, 2.05) is 54.6 Å². The Kier molecular flexibility index (Phi) is 6.10. The van der Waals surface area contributed by atoms with Crippen LogP contribution in [0.5, 0.6) is 0 Å². The molecule has 4 aromatic rings. The Morgan fingerprint density at radius 2 is 1.62 bits per heavy atom. The number of anilines is 1. The second kappa shape index (κ2) is 9.34. The number of carbonyl (C=O) groups is 1. The van der Waals surface area contributed by atoms with Gasteiger partial charge in [-0.2, -0.15) is 4.31 Å². The summed E-state index contributed by atoms with van der Waals surface area (Å²) in [6.45, 7) is 1.36. The second-order valence-electron chi connectivity index (χ2n) is 7.94. The summed E-state index contributed by atoms with van der Waals surface area (Å²) in [5.74, 6) is -0.336. The van der Waals surface area contributed by atoms with E-state index in [0.29, 0.717) is 48.8 Å². The highest BCUT2D eigenvalue weighted by Gasteiger charge is 2.26. The number of fused-ring (bicyclic) bond motifs is 1. The van der Waals surface area contributed by atoms with Crippen molar-refractivity contribution in [1.82, 2.24) is 9.29 Å². The number of hydrogen-bond acceptors (Lipinski definition) is 5. The number of ether oxygens (including phenoxy) is 1. The van der Waals surface area contributed by atoms with Crippen molar-refractivity contribution in [3.05, 3.63) is 90.5 Å². The normalized spacial score (nSPS) is 14.7. The molecule has 172 valence electrons. The Morgan fingerprint density at radius 3 is 2.41 bits per heavy atom. The van der Waals surface area contributed by atoms with Crippen molar-refractivity contribution in [2.75, 3.05) is 31.6 Å². The van der Waals surface area contributed by atoms with Gasteiger partial charge in [-0.05, 0) is 30.3 Å². The van der Waals surface area contributed by atoms with E-state index < -0.39 is 10.0 Å². The molecular formula is C26H23N3O4S. The molecule has 1 amide bonds. The van der Waals surface area contributed by atoms with Gasteiger partial charge in [0.25, 0.3) is 5.91 Å². The topological polar surface area (TPSA) is 88.6 Å². The van der Waals surface area contributed by atoms with Crippen LogP contribution in [0.3, 0.4) is 0 Å². The second-order valence-corrected chi connectivity index (χ2v) is 9.87. The van der Waals surface area contributed by atoms with Gasteiger partial charge in [0.15, 0.2) is 0 Å². The summed E-state index contributed by atoms with van der Waals surface area (Å²) in [4.78, 5) is 18.2. The van der Waals surface area contributed by atoms with Gasteiger partial charge >= 0.3 is 0 Å². The first-order valence-corrected chi connectivity index (χ1v) is 12.4. The monoisotopic (exact) mass is 473 g/mol. The molecule has 1 aliphatic rings. The number of benzene rings is 3. The third-order valence-electron chi connectivity index (χ3n) is 5.73. The van der Waals surface area contributed by atoms with Crippen LogP contribution in [0.15, 0.2) is 89.8 Å². The highest BCUT2D eigenvalue weighted by atomic mass is 32.2. The maximum atomic E-state index is 13.4. The standard InChI is InChI=1S/C26H23N3O4S/c30-26(27-20-9-6-10-21(17-20)34(31,32)29-13-15-33-16-14-29)23-18-25(19-7-2-1-3-8-19)28-24-12-5-4-11-22(23)24/h1-12,17-18H,13-16H2,(H,27,30). The van der Waals surface area contributed by atoms with E-state index in [1.165, 1.54) is 16.4 Å². The fourth-order valence-corrected chi connectivity index (χ4v) is 5.44. The zero-order chi connectivity index (χ0) is 23.5. The van der Waals surface area contributed by atoms with E-state index in [9.17, 15) is 13.2 Å². The molecule has 0 unspecified atom stereocenters. The van der Waals surface area contributed by atoms with Crippen LogP contribution >= 0.6 is 0 Å². The first kappa shape index (κ1) is 22.2. The summed E-state index contributed by atoms with van der Waals surface area (Å²) in [7, 11) is -3.67. The average molecular weight is 474 g/mol. The maximum absolute atomic E-state index is 13.4. The summed E-state index contributed by atoms with van der Waals surface area (Å²) in [5.41, 5.74) is 3.17. The van der Waals surface area contributed by atoms with Gasteiger partial charge in [0.2, 0.25) is 10.0 Å². The van der Waals surface area contributed by atoms with E-state index in [1.54, 1.807) is 18.2 Å². The average Bonchev–Trinajstić information content (AvgIpc) is 2.89. The molecule has 8 heteroatoms. The van der Waals surface area contributed by atoms with Crippen LogP contribution in [-0.2, 0) is 14.8 Å². The number of carbonyl (C=O) groups excluding carboxylic acids is 1. The maximum Gasteiger partial charge on any atom is 0.256 e. The molecule has 0 radical (unpaired) electrons. The first-order chi connectivity index (χ1) is 16.5. The first-order valence-electron chi connectivity index (χ1n) is 11.0. The number of sulfonamides is 1. The highest BCUT2D eigenvalue weighted by Crippen LogP contribution is 2.26. The number of aromatic nitrogens is 1. The minimum absolute atomic E-state index is 0.136. The smallest absolute Gasteiger partial charge is 0.256 e. The molecule has 2 heterocycles. The number of nitrogens with one attached hydrogen (secondary N) is 1. The SMILES string of the molecule is O=C(Nc1cccc(S(=O)(=O)N2CCOCC2)c1)c1cc(-c2ccccc2)nc2ccccc12. The fraction of sp³-hybridized carbons (Fsp3) is 0.154. The third kappa shape index (κ3) is 4.43. The quantitative estimate of drug-likeness (QED) is 0.470. The fourth-order valence-electron chi connectivity index (χ4n) is 3.99. The molecule has 0 aliphatic carbocycles. The lowest BCUT2D eigenvalue weighted by molar-refractivity contribution is 0.0730. The van der Waals surface area contributed by atoms with Gasteiger partial charge in [-0.25, -0.2) is 13.4 Å². The summed E-state index contributed by atoms with van der Waals surface area (Å²) in [6.07, 6.45) is 0. The van der Waals surface area contributed by atoms with Crippen LogP contribution in [0.25, 0.3) is 22.2 Å². The lowest BCUT2D eigenvalue weighted by atomic mass is 10.0. The van der Waals surface area contributed by atoms with Crippen LogP contribution in [0.2, 0.25) is 0 Å². The Balaban J connectivity index is 1.48. The number of morpholine rings is 1. The van der Waals surface area contributed by atoms with Crippen LogP contribution in [0, 0.1) is 0 Å². The number of amides is 1. The van der Waals surface area contributed by atoms with Gasteiger partial charge in [0.05, 0.1) is 34.9 Å². The van der Waals surface area contributed by atoms with Crippen molar-refractivity contribution in [2.24, 2.45) is 0 Å². The molecule has 5 rings (SSSR count). The van der Waals surface area contributed by atoms with Gasteiger partial charge in [-0.3, -0.25) is 4.79 Å². The highest BCUT2D eigenvalue weighted by molar-refractivity contribution is 7.89. The minimum Gasteiger partial charge on any atom is -0.379 e. The van der Waals surface area contributed by atoms with Crippen molar-refractivity contribution in [2.45, 2.75) is 4.90 Å². The Morgan fingerprint density at radius 1 is 0.882 bits per heavy atom. The Labute approximate surface area is 198 Å². The van der Waals surface area contributed by atoms with E-state index in [0.717, 1.165) is 10.9 Å². The van der Waals surface area contributed by atoms with Crippen LogP contribution in [0.4, 0.5) is 5.69 Å². The predicted octanol–water partition coefficient (Wildman–Crippen LogP) is 4.18. The van der Waals surface area contributed by atoms with Crippen LogP contribution in [-0.4, -0.2) is 49.9 Å². The summed E-state index contributed by atoms with van der Waals surface area (Å²) in [5, 5.41) is 3.59. The molecule has 1 fully saturated rings. The van der Waals surface area contributed by atoms with Gasteiger partial charge in [-0.15, -0.1) is 0 Å². The van der Waals surface area contributed by atoms with Gasteiger partial charge in [0, 0.05) is 29.7 Å². The Bertz CT molecular complexity index is 1450. The number of pyridine rings is 1. The summed E-state index contributed by atoms with van der Waals surface area (Å²) >= 11 is 0. The lowest BCUT2D eigenvalue weighted by Gasteiger charge is -2.26. The molecule has 0 saturated carbocycles. The predicted molar refractivity (Wildman–Crippen MR) is 131 cm³/mol. The van der Waals surface area contributed by atoms with E-state index >= 15 is 0 Å². The molecule has 1 saturated heterocycles. The molecule has 7 nitrogen and oxygen atoms in total. The van der Waals surface area contributed by atoms with Crippen LogP contribution < -0.4 is 5.32 Å².